The van der Waals surface area contributed by atoms with Gasteiger partial charge < -0.3 is 4.74 Å². The topological polar surface area (TPSA) is 61.2 Å². The standard InChI is InChI=1S/C16H13BrN2O3S/c1-22-15-8-7-12(17)11-14(15)16-18-9-10-19(16)23(20,21)13-5-3-2-4-6-13/h2-11H,1H3. The van der Waals surface area contributed by atoms with Crippen LogP contribution in [-0.4, -0.2) is 24.5 Å². The fraction of sp³-hybridized carbons (Fsp3) is 0.0625. The summed E-state index contributed by atoms with van der Waals surface area (Å²) in [5.74, 6) is 0.843. The second-order valence-electron chi connectivity index (χ2n) is 4.71. The molecule has 0 aliphatic rings. The Morgan fingerprint density at radius 2 is 1.87 bits per heavy atom. The third-order valence-electron chi connectivity index (χ3n) is 3.31. The highest BCUT2D eigenvalue weighted by molar-refractivity contribution is 9.10. The summed E-state index contributed by atoms with van der Waals surface area (Å²) >= 11 is 3.39. The van der Waals surface area contributed by atoms with Crippen LogP contribution in [0.15, 0.2) is 70.3 Å². The number of hydrogen-bond donors (Lipinski definition) is 0. The lowest BCUT2D eigenvalue weighted by Gasteiger charge is -2.12. The van der Waals surface area contributed by atoms with Crippen molar-refractivity contribution in [2.75, 3.05) is 7.11 Å². The first-order valence-corrected chi connectivity index (χ1v) is 8.95. The number of rotatable bonds is 4. The Morgan fingerprint density at radius 3 is 2.57 bits per heavy atom. The van der Waals surface area contributed by atoms with Gasteiger partial charge in [0.05, 0.1) is 17.6 Å². The van der Waals surface area contributed by atoms with E-state index in [0.717, 1.165) is 8.45 Å². The molecule has 1 aromatic heterocycles. The number of methoxy groups -OCH3 is 1. The normalized spacial score (nSPS) is 11.4. The lowest BCUT2D eigenvalue weighted by Crippen LogP contribution is -2.13. The molecule has 0 amide bonds. The minimum absolute atomic E-state index is 0.202. The zero-order valence-electron chi connectivity index (χ0n) is 12.2. The van der Waals surface area contributed by atoms with Crippen LogP contribution in [0.4, 0.5) is 0 Å². The van der Waals surface area contributed by atoms with Crippen molar-refractivity contribution >= 4 is 26.0 Å². The molecule has 0 atom stereocenters. The quantitative estimate of drug-likeness (QED) is 0.680. The summed E-state index contributed by atoms with van der Waals surface area (Å²) in [7, 11) is -2.20. The van der Waals surface area contributed by atoms with Gasteiger partial charge in [-0.25, -0.2) is 17.4 Å². The number of aromatic nitrogens is 2. The van der Waals surface area contributed by atoms with Crippen molar-refractivity contribution < 1.29 is 13.2 Å². The molecule has 2 aromatic carbocycles. The summed E-state index contributed by atoms with van der Waals surface area (Å²) in [5.41, 5.74) is 0.589. The molecule has 1 heterocycles. The van der Waals surface area contributed by atoms with Gasteiger partial charge in [-0.2, -0.15) is 0 Å². The van der Waals surface area contributed by atoms with Crippen molar-refractivity contribution in [3.05, 3.63) is 65.4 Å². The zero-order chi connectivity index (χ0) is 16.4. The maximum atomic E-state index is 12.8. The molecule has 0 unspecified atom stereocenters. The average molecular weight is 393 g/mol. The van der Waals surface area contributed by atoms with Crippen LogP contribution in [0.1, 0.15) is 0 Å². The zero-order valence-corrected chi connectivity index (χ0v) is 14.6. The smallest absolute Gasteiger partial charge is 0.269 e. The molecule has 0 saturated heterocycles. The lowest BCUT2D eigenvalue weighted by atomic mass is 10.2. The summed E-state index contributed by atoms with van der Waals surface area (Å²) in [6.07, 6.45) is 2.88. The molecule has 3 aromatic rings. The average Bonchev–Trinajstić information content (AvgIpc) is 3.06. The fourth-order valence-electron chi connectivity index (χ4n) is 2.24. The molecule has 0 fully saturated rings. The highest BCUT2D eigenvalue weighted by atomic mass is 79.9. The van der Waals surface area contributed by atoms with Gasteiger partial charge in [0.1, 0.15) is 5.75 Å². The summed E-state index contributed by atoms with van der Waals surface area (Å²) < 4.78 is 33.0. The Kier molecular flexibility index (Phi) is 4.23. The van der Waals surface area contributed by atoms with Crippen LogP contribution in [0, 0.1) is 0 Å². The van der Waals surface area contributed by atoms with Crippen LogP contribution in [0.2, 0.25) is 0 Å². The van der Waals surface area contributed by atoms with Gasteiger partial charge in [-0.15, -0.1) is 0 Å². The van der Waals surface area contributed by atoms with Crippen LogP contribution in [0.3, 0.4) is 0 Å². The molecule has 118 valence electrons. The monoisotopic (exact) mass is 392 g/mol. The Labute approximate surface area is 142 Å². The molecular formula is C16H13BrN2O3S. The van der Waals surface area contributed by atoms with E-state index in [1.165, 1.54) is 19.5 Å². The second-order valence-corrected chi connectivity index (χ2v) is 7.44. The SMILES string of the molecule is COc1ccc(Br)cc1-c1nccn1S(=O)(=O)c1ccccc1. The van der Waals surface area contributed by atoms with Crippen LogP contribution in [-0.2, 0) is 10.0 Å². The fourth-order valence-corrected chi connectivity index (χ4v) is 3.91. The van der Waals surface area contributed by atoms with Gasteiger partial charge in [0.15, 0.2) is 5.82 Å². The maximum absolute atomic E-state index is 12.8. The van der Waals surface area contributed by atoms with E-state index in [1.807, 2.05) is 6.07 Å². The first-order chi connectivity index (χ1) is 11.0. The number of imidazole rings is 1. The molecule has 0 saturated carbocycles. The Bertz CT molecular complexity index is 937. The van der Waals surface area contributed by atoms with Crippen LogP contribution < -0.4 is 4.74 Å². The second kappa shape index (κ2) is 6.17. The first-order valence-electron chi connectivity index (χ1n) is 6.72. The Hall–Kier alpha value is -2.12. The summed E-state index contributed by atoms with van der Waals surface area (Å²) in [6.45, 7) is 0. The molecule has 0 N–H and O–H groups in total. The molecule has 5 nitrogen and oxygen atoms in total. The van der Waals surface area contributed by atoms with E-state index in [0.29, 0.717) is 17.1 Å². The van der Waals surface area contributed by atoms with Crippen molar-refractivity contribution in [3.8, 4) is 17.1 Å². The third-order valence-corrected chi connectivity index (χ3v) is 5.48. The van der Waals surface area contributed by atoms with Gasteiger partial charge in [0.25, 0.3) is 10.0 Å². The van der Waals surface area contributed by atoms with Gasteiger partial charge in [-0.3, -0.25) is 0 Å². The van der Waals surface area contributed by atoms with Crippen molar-refractivity contribution in [2.24, 2.45) is 0 Å². The van der Waals surface area contributed by atoms with Crippen molar-refractivity contribution in [2.45, 2.75) is 4.90 Å². The van der Waals surface area contributed by atoms with Gasteiger partial charge >= 0.3 is 0 Å². The highest BCUT2D eigenvalue weighted by Crippen LogP contribution is 2.33. The summed E-state index contributed by atoms with van der Waals surface area (Å²) in [5, 5.41) is 0. The van der Waals surface area contributed by atoms with Gasteiger partial charge in [0.2, 0.25) is 0 Å². The predicted molar refractivity (Wildman–Crippen MR) is 90.9 cm³/mol. The predicted octanol–water partition coefficient (Wildman–Crippen LogP) is 3.56. The lowest BCUT2D eigenvalue weighted by molar-refractivity contribution is 0.416. The van der Waals surface area contributed by atoms with Crippen LogP contribution in [0.25, 0.3) is 11.4 Å². The van der Waals surface area contributed by atoms with Gasteiger partial charge in [0, 0.05) is 16.9 Å². The number of halogens is 1. The van der Waals surface area contributed by atoms with Crippen molar-refractivity contribution in [3.63, 3.8) is 0 Å². The van der Waals surface area contributed by atoms with Gasteiger partial charge in [-0.05, 0) is 30.3 Å². The van der Waals surface area contributed by atoms with E-state index >= 15 is 0 Å². The Balaban J connectivity index is 2.20. The molecule has 3 rings (SSSR count). The molecule has 0 aliphatic heterocycles. The minimum Gasteiger partial charge on any atom is -0.496 e. The van der Waals surface area contributed by atoms with Crippen LogP contribution >= 0.6 is 15.9 Å². The molecule has 0 radical (unpaired) electrons. The number of ether oxygens (including phenoxy) is 1. The first kappa shape index (κ1) is 15.8. The van der Waals surface area contributed by atoms with Crippen molar-refractivity contribution in [1.82, 2.24) is 8.96 Å². The third kappa shape index (κ3) is 2.89. The van der Waals surface area contributed by atoms with E-state index < -0.39 is 10.0 Å². The summed E-state index contributed by atoms with van der Waals surface area (Å²) in [6, 6.07) is 13.6. The van der Waals surface area contributed by atoms with E-state index in [4.69, 9.17) is 4.74 Å². The van der Waals surface area contributed by atoms with E-state index in [-0.39, 0.29) is 4.90 Å². The minimum atomic E-state index is -3.73. The molecule has 0 aliphatic carbocycles. The largest absolute Gasteiger partial charge is 0.496 e. The highest BCUT2D eigenvalue weighted by Gasteiger charge is 2.22. The molecule has 0 spiro atoms. The molecule has 0 bridgehead atoms. The van der Waals surface area contributed by atoms with E-state index in [1.54, 1.807) is 42.5 Å². The molecule has 23 heavy (non-hydrogen) atoms. The maximum Gasteiger partial charge on any atom is 0.269 e. The van der Waals surface area contributed by atoms with E-state index in [2.05, 4.69) is 20.9 Å². The Morgan fingerprint density at radius 1 is 1.13 bits per heavy atom. The summed E-state index contributed by atoms with van der Waals surface area (Å²) in [4.78, 5) is 4.41. The molecule has 7 heteroatoms. The number of nitrogens with zero attached hydrogens (tertiary/aromatic N) is 2. The van der Waals surface area contributed by atoms with Crippen molar-refractivity contribution in [1.29, 1.82) is 0 Å². The van der Waals surface area contributed by atoms with E-state index in [9.17, 15) is 8.42 Å². The van der Waals surface area contributed by atoms with Crippen LogP contribution in [0.5, 0.6) is 5.75 Å². The molecular weight excluding hydrogens is 380 g/mol. The number of benzene rings is 2. The van der Waals surface area contributed by atoms with Gasteiger partial charge in [-0.1, -0.05) is 34.1 Å². The number of hydrogen-bond acceptors (Lipinski definition) is 4.